The highest BCUT2D eigenvalue weighted by Gasteiger charge is 2.13. The number of rotatable bonds is 5. The summed E-state index contributed by atoms with van der Waals surface area (Å²) in [5.41, 5.74) is 1.83. The third kappa shape index (κ3) is 4.97. The van der Waals surface area contributed by atoms with Crippen LogP contribution in [-0.4, -0.2) is 22.1 Å². The highest BCUT2D eigenvalue weighted by atomic mass is 35.5. The molecule has 2 aromatic carbocycles. The first-order valence-corrected chi connectivity index (χ1v) is 8.98. The number of benzene rings is 2. The minimum atomic E-state index is -0.987. The molecule has 1 heterocycles. The van der Waals surface area contributed by atoms with Crippen LogP contribution in [0.25, 0.3) is 11.3 Å². The number of carbonyl (C=O) groups is 2. The summed E-state index contributed by atoms with van der Waals surface area (Å²) in [5, 5.41) is 15.1. The number of carbonyl (C=O) groups excluding carboxylic acids is 1. The van der Waals surface area contributed by atoms with E-state index in [1.807, 2.05) is 0 Å². The summed E-state index contributed by atoms with van der Waals surface area (Å²) in [6.45, 7) is 0.340. The van der Waals surface area contributed by atoms with E-state index < -0.39 is 11.9 Å². The van der Waals surface area contributed by atoms with Gasteiger partial charge in [-0.3, -0.25) is 10.1 Å². The average molecular weight is 415 g/mol. The Morgan fingerprint density at radius 1 is 1.00 bits per heavy atom. The first-order valence-electron chi connectivity index (χ1n) is 8.19. The van der Waals surface area contributed by atoms with Crippen molar-refractivity contribution >= 4 is 40.8 Å². The molecule has 0 radical (unpaired) electrons. The fraction of sp³-hybridized carbons (Fsp3) is 0.0500. The van der Waals surface area contributed by atoms with Gasteiger partial charge in [0, 0.05) is 17.1 Å². The lowest BCUT2D eigenvalue weighted by Crippen LogP contribution is -2.38. The second-order valence-electron chi connectivity index (χ2n) is 5.81. The molecular formula is C20H15ClN2O4S. The second-order valence-corrected chi connectivity index (χ2v) is 6.65. The quantitative estimate of drug-likeness (QED) is 0.544. The zero-order valence-corrected chi connectivity index (χ0v) is 16.0. The van der Waals surface area contributed by atoms with Crippen molar-refractivity contribution in [3.05, 3.63) is 82.6 Å². The van der Waals surface area contributed by atoms with Crippen molar-refractivity contribution in [1.82, 2.24) is 10.6 Å². The number of carboxylic acid groups (broad SMARTS) is 1. The van der Waals surface area contributed by atoms with Gasteiger partial charge in [0.25, 0.3) is 5.91 Å². The molecule has 0 saturated heterocycles. The number of nitrogens with one attached hydrogen (secondary N) is 2. The summed E-state index contributed by atoms with van der Waals surface area (Å²) in [6.07, 6.45) is 0. The molecule has 0 aliphatic carbocycles. The molecule has 8 heteroatoms. The van der Waals surface area contributed by atoms with E-state index in [1.165, 1.54) is 12.1 Å². The Kier molecular flexibility index (Phi) is 6.08. The van der Waals surface area contributed by atoms with E-state index >= 15 is 0 Å². The van der Waals surface area contributed by atoms with E-state index in [9.17, 15) is 9.59 Å². The fourth-order valence-corrected chi connectivity index (χ4v) is 2.68. The predicted molar refractivity (Wildman–Crippen MR) is 109 cm³/mol. The Bertz CT molecular complexity index is 1010. The largest absolute Gasteiger partial charge is 0.478 e. The lowest BCUT2D eigenvalue weighted by atomic mass is 10.1. The topological polar surface area (TPSA) is 91.6 Å². The standard InChI is InChI=1S/C20H15ClN2O4S/c21-15-7-5-13(6-8-15)16-9-10-17(27-16)18(24)23-20(28)22-11-12-1-3-14(4-2-12)19(25)26/h1-10H,11H2,(H,25,26)(H2,22,23,24,28). The van der Waals surface area contributed by atoms with Crippen molar-refractivity contribution in [2.24, 2.45) is 0 Å². The van der Waals surface area contributed by atoms with E-state index in [4.69, 9.17) is 33.3 Å². The maximum absolute atomic E-state index is 12.3. The Hall–Kier alpha value is -3.16. The molecule has 0 atom stereocenters. The van der Waals surface area contributed by atoms with Gasteiger partial charge in [-0.25, -0.2) is 4.79 Å². The van der Waals surface area contributed by atoms with Crippen molar-refractivity contribution in [2.45, 2.75) is 6.54 Å². The molecule has 0 aliphatic heterocycles. The minimum absolute atomic E-state index is 0.125. The molecular weight excluding hydrogens is 400 g/mol. The van der Waals surface area contributed by atoms with Crippen LogP contribution in [0.3, 0.4) is 0 Å². The highest BCUT2D eigenvalue weighted by molar-refractivity contribution is 7.80. The average Bonchev–Trinajstić information content (AvgIpc) is 3.17. The number of furan rings is 1. The molecule has 6 nitrogen and oxygen atoms in total. The van der Waals surface area contributed by atoms with Crippen molar-refractivity contribution in [3.63, 3.8) is 0 Å². The van der Waals surface area contributed by atoms with E-state index in [2.05, 4.69) is 10.6 Å². The molecule has 1 aromatic heterocycles. The van der Waals surface area contributed by atoms with Crippen LogP contribution in [-0.2, 0) is 6.54 Å². The normalized spacial score (nSPS) is 10.3. The maximum Gasteiger partial charge on any atom is 0.335 e. The lowest BCUT2D eigenvalue weighted by molar-refractivity contribution is 0.0696. The molecule has 3 rings (SSSR count). The van der Waals surface area contributed by atoms with E-state index in [0.29, 0.717) is 17.3 Å². The van der Waals surface area contributed by atoms with Gasteiger partial charge in [-0.15, -0.1) is 0 Å². The zero-order chi connectivity index (χ0) is 20.1. The van der Waals surface area contributed by atoms with Crippen LogP contribution in [0.4, 0.5) is 0 Å². The second kappa shape index (κ2) is 8.69. The number of amides is 1. The summed E-state index contributed by atoms with van der Waals surface area (Å²) in [7, 11) is 0. The number of hydrogen-bond acceptors (Lipinski definition) is 4. The summed E-state index contributed by atoms with van der Waals surface area (Å²) < 4.78 is 5.57. The van der Waals surface area contributed by atoms with Crippen molar-refractivity contribution in [3.8, 4) is 11.3 Å². The molecule has 28 heavy (non-hydrogen) atoms. The van der Waals surface area contributed by atoms with Gasteiger partial charge in [-0.1, -0.05) is 23.7 Å². The summed E-state index contributed by atoms with van der Waals surface area (Å²) in [6, 6.07) is 16.7. The molecule has 0 aliphatic rings. The van der Waals surface area contributed by atoms with Gasteiger partial charge in [-0.2, -0.15) is 0 Å². The van der Waals surface area contributed by atoms with Crippen LogP contribution in [0.5, 0.6) is 0 Å². The molecule has 3 aromatic rings. The van der Waals surface area contributed by atoms with E-state index in [1.54, 1.807) is 48.5 Å². The van der Waals surface area contributed by atoms with Gasteiger partial charge >= 0.3 is 5.97 Å². The SMILES string of the molecule is O=C(O)c1ccc(CNC(=S)NC(=O)c2ccc(-c3ccc(Cl)cc3)o2)cc1. The lowest BCUT2D eigenvalue weighted by Gasteiger charge is -2.09. The Balaban J connectivity index is 1.55. The van der Waals surface area contributed by atoms with Gasteiger partial charge in [0.1, 0.15) is 5.76 Å². The Morgan fingerprint density at radius 3 is 2.32 bits per heavy atom. The van der Waals surface area contributed by atoms with Crippen LogP contribution >= 0.6 is 23.8 Å². The maximum atomic E-state index is 12.3. The number of aromatic carboxylic acids is 1. The van der Waals surface area contributed by atoms with Crippen LogP contribution < -0.4 is 10.6 Å². The molecule has 3 N–H and O–H groups in total. The van der Waals surface area contributed by atoms with Gasteiger partial charge in [0.2, 0.25) is 0 Å². The molecule has 0 fully saturated rings. The molecule has 142 valence electrons. The van der Waals surface area contributed by atoms with Crippen LogP contribution in [0.2, 0.25) is 5.02 Å². The summed E-state index contributed by atoms with van der Waals surface area (Å²) in [4.78, 5) is 23.1. The number of hydrogen-bond donors (Lipinski definition) is 3. The monoisotopic (exact) mass is 414 g/mol. The molecule has 1 amide bonds. The Morgan fingerprint density at radius 2 is 1.68 bits per heavy atom. The molecule has 0 spiro atoms. The van der Waals surface area contributed by atoms with Crippen LogP contribution in [0.1, 0.15) is 26.5 Å². The highest BCUT2D eigenvalue weighted by Crippen LogP contribution is 2.23. The van der Waals surface area contributed by atoms with Crippen LogP contribution in [0.15, 0.2) is 65.1 Å². The first kappa shape index (κ1) is 19.6. The number of carboxylic acids is 1. The fourth-order valence-electron chi connectivity index (χ4n) is 2.39. The Labute approximate surface area is 171 Å². The van der Waals surface area contributed by atoms with Crippen LogP contribution in [0, 0.1) is 0 Å². The first-order chi connectivity index (χ1) is 13.4. The van der Waals surface area contributed by atoms with Gasteiger partial charge in [-0.05, 0) is 66.3 Å². The molecule has 0 saturated carbocycles. The number of thiocarbonyl (C=S) groups is 1. The zero-order valence-electron chi connectivity index (χ0n) is 14.4. The van der Waals surface area contributed by atoms with Crippen molar-refractivity contribution < 1.29 is 19.1 Å². The van der Waals surface area contributed by atoms with Gasteiger partial charge in [0.05, 0.1) is 5.56 Å². The van der Waals surface area contributed by atoms with Gasteiger partial charge in [0.15, 0.2) is 10.9 Å². The van der Waals surface area contributed by atoms with E-state index in [-0.39, 0.29) is 16.4 Å². The molecule has 0 unspecified atom stereocenters. The number of halogens is 1. The summed E-state index contributed by atoms with van der Waals surface area (Å²) in [5.74, 6) is -0.795. The van der Waals surface area contributed by atoms with Gasteiger partial charge < -0.3 is 14.8 Å². The van der Waals surface area contributed by atoms with E-state index in [0.717, 1.165) is 11.1 Å². The third-order valence-electron chi connectivity index (χ3n) is 3.84. The summed E-state index contributed by atoms with van der Waals surface area (Å²) >= 11 is 11.0. The molecule has 0 bridgehead atoms. The smallest absolute Gasteiger partial charge is 0.335 e. The third-order valence-corrected chi connectivity index (χ3v) is 4.34. The van der Waals surface area contributed by atoms with Crippen molar-refractivity contribution in [1.29, 1.82) is 0 Å². The van der Waals surface area contributed by atoms with Crippen molar-refractivity contribution in [2.75, 3.05) is 0 Å². The predicted octanol–water partition coefficient (Wildman–Crippen LogP) is 4.10. The minimum Gasteiger partial charge on any atom is -0.478 e.